The van der Waals surface area contributed by atoms with Crippen LogP contribution < -0.4 is 10.9 Å². The maximum Gasteiger partial charge on any atom is 0.277 e. The molecule has 6 heteroatoms. The Labute approximate surface area is 99.0 Å². The topological polar surface area (TPSA) is 78.1 Å². The highest BCUT2D eigenvalue weighted by atomic mass is 16.2. The van der Waals surface area contributed by atoms with Crippen LogP contribution in [0.1, 0.15) is 21.6 Å². The number of carbonyl (C=O) groups excluding carboxylic acids is 1. The first-order chi connectivity index (χ1) is 8.11. The molecule has 92 valence electrons. The van der Waals surface area contributed by atoms with Gasteiger partial charge in [-0.1, -0.05) is 0 Å². The minimum absolute atomic E-state index is 0.198. The summed E-state index contributed by atoms with van der Waals surface area (Å²) in [5, 5.41) is 9.38. The van der Waals surface area contributed by atoms with E-state index in [0.29, 0.717) is 24.3 Å². The highest BCUT2D eigenvalue weighted by molar-refractivity contribution is 5.95. The molecule has 2 heterocycles. The van der Waals surface area contributed by atoms with E-state index in [1.54, 1.807) is 18.7 Å². The molecule has 17 heavy (non-hydrogen) atoms. The number of piperazine rings is 1. The molecule has 1 saturated heterocycles. The number of H-pyrrole nitrogens is 1. The Morgan fingerprint density at radius 2 is 1.94 bits per heavy atom. The Bertz CT molecular complexity index is 489. The molecular formula is C11H16N4O2. The molecule has 0 bridgehead atoms. The summed E-state index contributed by atoms with van der Waals surface area (Å²) in [6, 6.07) is 0. The van der Waals surface area contributed by atoms with E-state index in [1.807, 2.05) is 0 Å². The first-order valence-corrected chi connectivity index (χ1v) is 5.67. The van der Waals surface area contributed by atoms with Gasteiger partial charge in [0, 0.05) is 26.2 Å². The summed E-state index contributed by atoms with van der Waals surface area (Å²) in [5.74, 6) is -0.198. The predicted octanol–water partition coefficient (Wildman–Crippen LogP) is -0.568. The molecule has 1 aromatic rings. The van der Waals surface area contributed by atoms with Crippen molar-refractivity contribution in [2.24, 2.45) is 0 Å². The summed E-state index contributed by atoms with van der Waals surface area (Å²) >= 11 is 0. The minimum Gasteiger partial charge on any atom is -0.336 e. The third kappa shape index (κ3) is 2.21. The number of aryl methyl sites for hydroxylation is 1. The van der Waals surface area contributed by atoms with Crippen LogP contribution in [-0.4, -0.2) is 47.2 Å². The van der Waals surface area contributed by atoms with Crippen LogP contribution in [0.5, 0.6) is 0 Å². The fraction of sp³-hybridized carbons (Fsp3) is 0.545. The normalized spacial score (nSPS) is 16.0. The second kappa shape index (κ2) is 4.67. The van der Waals surface area contributed by atoms with Gasteiger partial charge in [-0.3, -0.25) is 9.59 Å². The van der Waals surface area contributed by atoms with E-state index >= 15 is 0 Å². The standard InChI is InChI=1S/C11H16N4O2/c1-7-8(2)13-14-10(16)9(7)11(17)15-5-3-12-4-6-15/h12H,3-6H2,1-2H3,(H,14,16). The lowest BCUT2D eigenvalue weighted by Crippen LogP contribution is -2.47. The molecule has 0 aromatic carbocycles. The van der Waals surface area contributed by atoms with Crippen molar-refractivity contribution in [3.8, 4) is 0 Å². The predicted molar refractivity (Wildman–Crippen MR) is 63.1 cm³/mol. The maximum atomic E-state index is 12.2. The summed E-state index contributed by atoms with van der Waals surface area (Å²) in [4.78, 5) is 25.6. The molecule has 1 aliphatic rings. The summed E-state index contributed by atoms with van der Waals surface area (Å²) < 4.78 is 0. The number of aromatic nitrogens is 2. The molecule has 0 saturated carbocycles. The van der Waals surface area contributed by atoms with Crippen LogP contribution in [0.3, 0.4) is 0 Å². The second-order valence-electron chi connectivity index (χ2n) is 4.18. The van der Waals surface area contributed by atoms with Gasteiger partial charge in [-0.05, 0) is 19.4 Å². The number of hydrogen-bond donors (Lipinski definition) is 2. The van der Waals surface area contributed by atoms with Crippen molar-refractivity contribution in [3.05, 3.63) is 27.2 Å². The molecule has 0 aliphatic carbocycles. The zero-order valence-corrected chi connectivity index (χ0v) is 10.0. The van der Waals surface area contributed by atoms with Gasteiger partial charge in [-0.25, -0.2) is 5.10 Å². The molecule has 1 aliphatic heterocycles. The van der Waals surface area contributed by atoms with Gasteiger partial charge in [-0.2, -0.15) is 5.10 Å². The van der Waals surface area contributed by atoms with Gasteiger partial charge in [0.1, 0.15) is 5.56 Å². The molecule has 6 nitrogen and oxygen atoms in total. The SMILES string of the molecule is Cc1n[nH]c(=O)c(C(=O)N2CCNCC2)c1C. The van der Waals surface area contributed by atoms with Crippen molar-refractivity contribution in [3.63, 3.8) is 0 Å². The first kappa shape index (κ1) is 11.8. The molecule has 0 unspecified atom stereocenters. The highest BCUT2D eigenvalue weighted by Crippen LogP contribution is 2.08. The number of nitrogens with one attached hydrogen (secondary N) is 2. The van der Waals surface area contributed by atoms with E-state index in [0.717, 1.165) is 13.1 Å². The maximum absolute atomic E-state index is 12.2. The van der Waals surface area contributed by atoms with Crippen LogP contribution in [0, 0.1) is 13.8 Å². The molecule has 0 atom stereocenters. The van der Waals surface area contributed by atoms with Crippen molar-refractivity contribution in [1.29, 1.82) is 0 Å². The number of carbonyl (C=O) groups is 1. The Kier molecular flexibility index (Phi) is 3.23. The summed E-state index contributed by atoms with van der Waals surface area (Å²) in [5.41, 5.74) is 1.16. The summed E-state index contributed by atoms with van der Waals surface area (Å²) in [6.45, 7) is 6.35. The van der Waals surface area contributed by atoms with Crippen LogP contribution in [-0.2, 0) is 0 Å². The van der Waals surface area contributed by atoms with Crippen LogP contribution in [0.25, 0.3) is 0 Å². The second-order valence-corrected chi connectivity index (χ2v) is 4.18. The molecule has 2 rings (SSSR count). The van der Waals surface area contributed by atoms with Crippen LogP contribution in [0.15, 0.2) is 4.79 Å². The number of nitrogens with zero attached hydrogens (tertiary/aromatic N) is 2. The summed E-state index contributed by atoms with van der Waals surface area (Å²) in [6.07, 6.45) is 0. The average Bonchev–Trinajstić information content (AvgIpc) is 2.35. The van der Waals surface area contributed by atoms with E-state index < -0.39 is 5.56 Å². The van der Waals surface area contributed by atoms with Crippen LogP contribution >= 0.6 is 0 Å². The quantitative estimate of drug-likeness (QED) is 0.684. The number of rotatable bonds is 1. The zero-order chi connectivity index (χ0) is 12.4. The molecule has 1 fully saturated rings. The van der Waals surface area contributed by atoms with Crippen molar-refractivity contribution in [2.45, 2.75) is 13.8 Å². The van der Waals surface area contributed by atoms with E-state index in [9.17, 15) is 9.59 Å². The smallest absolute Gasteiger partial charge is 0.277 e. The highest BCUT2D eigenvalue weighted by Gasteiger charge is 2.23. The van der Waals surface area contributed by atoms with Gasteiger partial charge in [0.25, 0.3) is 11.5 Å². The lowest BCUT2D eigenvalue weighted by Gasteiger charge is -2.27. The molecule has 2 N–H and O–H groups in total. The molecule has 0 spiro atoms. The number of aromatic amines is 1. The first-order valence-electron chi connectivity index (χ1n) is 5.67. The van der Waals surface area contributed by atoms with Crippen molar-refractivity contribution in [2.75, 3.05) is 26.2 Å². The lowest BCUT2D eigenvalue weighted by atomic mass is 10.1. The van der Waals surface area contributed by atoms with E-state index in [-0.39, 0.29) is 11.5 Å². The number of amides is 1. The Balaban J connectivity index is 2.36. The number of hydrogen-bond acceptors (Lipinski definition) is 4. The molecule has 1 amide bonds. The fourth-order valence-electron chi connectivity index (χ4n) is 1.91. The van der Waals surface area contributed by atoms with Crippen molar-refractivity contribution >= 4 is 5.91 Å². The lowest BCUT2D eigenvalue weighted by molar-refractivity contribution is 0.0732. The van der Waals surface area contributed by atoms with Gasteiger partial charge in [0.2, 0.25) is 0 Å². The average molecular weight is 236 g/mol. The summed E-state index contributed by atoms with van der Waals surface area (Å²) in [7, 11) is 0. The van der Waals surface area contributed by atoms with Crippen LogP contribution in [0.4, 0.5) is 0 Å². The Hall–Kier alpha value is -1.69. The van der Waals surface area contributed by atoms with Crippen LogP contribution in [0.2, 0.25) is 0 Å². The van der Waals surface area contributed by atoms with Gasteiger partial charge in [-0.15, -0.1) is 0 Å². The van der Waals surface area contributed by atoms with E-state index in [4.69, 9.17) is 0 Å². The van der Waals surface area contributed by atoms with E-state index in [2.05, 4.69) is 15.5 Å². The Morgan fingerprint density at radius 3 is 2.59 bits per heavy atom. The third-order valence-corrected chi connectivity index (χ3v) is 3.09. The third-order valence-electron chi connectivity index (χ3n) is 3.09. The minimum atomic E-state index is -0.406. The largest absolute Gasteiger partial charge is 0.336 e. The van der Waals surface area contributed by atoms with E-state index in [1.165, 1.54) is 0 Å². The molecule has 1 aromatic heterocycles. The van der Waals surface area contributed by atoms with Crippen molar-refractivity contribution < 1.29 is 4.79 Å². The molecule has 0 radical (unpaired) electrons. The molecular weight excluding hydrogens is 220 g/mol. The van der Waals surface area contributed by atoms with Gasteiger partial charge in [0.05, 0.1) is 5.69 Å². The van der Waals surface area contributed by atoms with Gasteiger partial charge < -0.3 is 10.2 Å². The van der Waals surface area contributed by atoms with Gasteiger partial charge >= 0.3 is 0 Å². The zero-order valence-electron chi connectivity index (χ0n) is 10.0. The van der Waals surface area contributed by atoms with Crippen molar-refractivity contribution in [1.82, 2.24) is 20.4 Å². The Morgan fingerprint density at radius 1 is 1.29 bits per heavy atom. The van der Waals surface area contributed by atoms with Gasteiger partial charge in [0.15, 0.2) is 0 Å². The fourth-order valence-corrected chi connectivity index (χ4v) is 1.91. The monoisotopic (exact) mass is 236 g/mol.